The minimum absolute atomic E-state index is 0.0474. The van der Waals surface area contributed by atoms with E-state index < -0.39 is 12.0 Å². The maximum Gasteiger partial charge on any atom is 0.248 e. The first-order chi connectivity index (χ1) is 14.0. The summed E-state index contributed by atoms with van der Waals surface area (Å²) in [5.41, 5.74) is 8.03. The number of primary amides is 1. The number of Topliss-reactive ketones (excluding diaryl/α,β-unsaturated/α-hetero) is 1. The van der Waals surface area contributed by atoms with Crippen LogP contribution in [0.25, 0.3) is 0 Å². The number of nitrogens with two attached hydrogens (primary N) is 1. The van der Waals surface area contributed by atoms with Gasteiger partial charge in [0.25, 0.3) is 0 Å². The summed E-state index contributed by atoms with van der Waals surface area (Å²) in [6.45, 7) is 0.344. The second-order valence-electron chi connectivity index (χ2n) is 6.54. The van der Waals surface area contributed by atoms with Crippen molar-refractivity contribution < 1.29 is 19.1 Å². The molecule has 0 spiro atoms. The van der Waals surface area contributed by atoms with Crippen LogP contribution in [-0.2, 0) is 0 Å². The van der Waals surface area contributed by atoms with E-state index in [0.717, 1.165) is 11.1 Å². The highest BCUT2D eigenvalue weighted by Gasteiger charge is 2.25. The van der Waals surface area contributed by atoms with Crippen LogP contribution in [0.15, 0.2) is 65.4 Å². The number of benzene rings is 2. The van der Waals surface area contributed by atoms with E-state index >= 15 is 0 Å². The molecule has 0 aliphatic carbocycles. The number of carbonyl (C=O) groups is 2. The monoisotopic (exact) mass is 452 g/mol. The Morgan fingerprint density at radius 1 is 1.07 bits per heavy atom. The summed E-state index contributed by atoms with van der Waals surface area (Å²) >= 11 is 3.52. The zero-order valence-electron chi connectivity index (χ0n) is 15.3. The highest BCUT2D eigenvalue weighted by atomic mass is 79.9. The molecule has 0 fully saturated rings. The number of nitrogens with zero attached hydrogens (tertiary/aromatic N) is 1. The van der Waals surface area contributed by atoms with Gasteiger partial charge in [0.1, 0.15) is 22.1 Å². The molecule has 6 nitrogen and oxygen atoms in total. The third-order valence-electron chi connectivity index (χ3n) is 4.69. The standard InChI is InChI=1S/C22H17BrN2O4/c23-19-18(6-5-16-17(26)9-12-28-21(16)19)29-20(14-7-10-25-11-8-14)13-1-3-15(4-2-13)22(24)27/h1-8,10-11,20H,9,12H2,(H2,24,27)/t20-/m0/s1. The molecule has 2 heterocycles. The molecule has 4 rings (SSSR count). The molecule has 1 atom stereocenters. The number of pyridine rings is 1. The lowest BCUT2D eigenvalue weighted by molar-refractivity contribution is 0.0931. The fourth-order valence-corrected chi connectivity index (χ4v) is 3.74. The normalized spacial score (nSPS) is 13.9. The first kappa shape index (κ1) is 19.1. The van der Waals surface area contributed by atoms with Crippen molar-refractivity contribution in [2.45, 2.75) is 12.5 Å². The number of rotatable bonds is 5. The van der Waals surface area contributed by atoms with Gasteiger partial charge in [-0.05, 0) is 63.5 Å². The predicted molar refractivity (Wildman–Crippen MR) is 110 cm³/mol. The Labute approximate surface area is 175 Å². The maximum atomic E-state index is 12.1. The summed E-state index contributed by atoms with van der Waals surface area (Å²) in [5, 5.41) is 0. The minimum atomic E-state index is -0.489. The SMILES string of the molecule is NC(=O)c1ccc([C@H](Oc2ccc3c(c2Br)OCCC3=O)c2ccncc2)cc1. The van der Waals surface area contributed by atoms with Crippen molar-refractivity contribution >= 4 is 27.6 Å². The number of hydrogen-bond acceptors (Lipinski definition) is 5. The van der Waals surface area contributed by atoms with Crippen LogP contribution >= 0.6 is 15.9 Å². The largest absolute Gasteiger partial charge is 0.491 e. The van der Waals surface area contributed by atoms with Gasteiger partial charge in [0, 0.05) is 24.4 Å². The Morgan fingerprint density at radius 2 is 1.76 bits per heavy atom. The Hall–Kier alpha value is -3.19. The highest BCUT2D eigenvalue weighted by molar-refractivity contribution is 9.10. The molecule has 146 valence electrons. The van der Waals surface area contributed by atoms with Gasteiger partial charge in [-0.15, -0.1) is 0 Å². The summed E-state index contributed by atoms with van der Waals surface area (Å²) in [6.07, 6.45) is 3.28. The first-order valence-corrected chi connectivity index (χ1v) is 9.78. The second-order valence-corrected chi connectivity index (χ2v) is 7.33. The maximum absolute atomic E-state index is 12.1. The van der Waals surface area contributed by atoms with E-state index in [0.29, 0.717) is 40.1 Å². The quantitative estimate of drug-likeness (QED) is 0.629. The zero-order chi connectivity index (χ0) is 20.4. The number of ketones is 1. The van der Waals surface area contributed by atoms with E-state index in [9.17, 15) is 9.59 Å². The molecule has 0 bridgehead atoms. The van der Waals surface area contributed by atoms with Crippen LogP contribution in [0.3, 0.4) is 0 Å². The molecule has 1 aliphatic heterocycles. The Balaban J connectivity index is 1.73. The third-order valence-corrected chi connectivity index (χ3v) is 5.44. The molecule has 2 N–H and O–H groups in total. The molecule has 29 heavy (non-hydrogen) atoms. The van der Waals surface area contributed by atoms with Crippen LogP contribution in [0.1, 0.15) is 44.4 Å². The fraction of sp³-hybridized carbons (Fsp3) is 0.136. The van der Waals surface area contributed by atoms with Gasteiger partial charge in [0.15, 0.2) is 5.78 Å². The smallest absolute Gasteiger partial charge is 0.248 e. The van der Waals surface area contributed by atoms with Crippen LogP contribution in [0, 0.1) is 0 Å². The zero-order valence-corrected chi connectivity index (χ0v) is 16.9. The number of aromatic nitrogens is 1. The predicted octanol–water partition coefficient (Wildman–Crippen LogP) is 4.08. The van der Waals surface area contributed by atoms with Crippen LogP contribution in [0.2, 0.25) is 0 Å². The summed E-state index contributed by atoms with van der Waals surface area (Å²) in [4.78, 5) is 27.6. The number of carbonyl (C=O) groups excluding carboxylic acids is 2. The molecule has 1 amide bonds. The van der Waals surface area contributed by atoms with Crippen molar-refractivity contribution in [3.05, 3.63) is 87.7 Å². The van der Waals surface area contributed by atoms with Crippen LogP contribution in [-0.4, -0.2) is 23.3 Å². The van der Waals surface area contributed by atoms with Crippen molar-refractivity contribution in [2.75, 3.05) is 6.61 Å². The summed E-state index contributed by atoms with van der Waals surface area (Å²) in [7, 11) is 0. The Morgan fingerprint density at radius 3 is 2.45 bits per heavy atom. The summed E-state index contributed by atoms with van der Waals surface area (Å²) in [6, 6.07) is 14.1. The number of amides is 1. The summed E-state index contributed by atoms with van der Waals surface area (Å²) < 4.78 is 12.6. The Bertz CT molecular complexity index is 1070. The lowest BCUT2D eigenvalue weighted by Gasteiger charge is -2.24. The second kappa shape index (κ2) is 8.05. The van der Waals surface area contributed by atoms with E-state index in [1.165, 1.54) is 0 Å². The van der Waals surface area contributed by atoms with E-state index in [-0.39, 0.29) is 5.78 Å². The average Bonchev–Trinajstić information content (AvgIpc) is 2.74. The minimum Gasteiger partial charge on any atom is -0.491 e. The molecule has 1 aromatic heterocycles. The van der Waals surface area contributed by atoms with Gasteiger partial charge in [0.05, 0.1) is 12.2 Å². The Kier molecular flexibility index (Phi) is 5.31. The molecule has 3 aromatic rings. The molecule has 2 aromatic carbocycles. The van der Waals surface area contributed by atoms with Crippen molar-refractivity contribution in [2.24, 2.45) is 5.73 Å². The fourth-order valence-electron chi connectivity index (χ4n) is 3.19. The number of hydrogen-bond donors (Lipinski definition) is 1. The molecule has 1 aliphatic rings. The molecular weight excluding hydrogens is 436 g/mol. The van der Waals surface area contributed by atoms with Crippen molar-refractivity contribution in [3.63, 3.8) is 0 Å². The highest BCUT2D eigenvalue weighted by Crippen LogP contribution is 2.42. The van der Waals surface area contributed by atoms with E-state index in [1.54, 1.807) is 48.8 Å². The van der Waals surface area contributed by atoms with Gasteiger partial charge in [-0.1, -0.05) is 12.1 Å². The van der Waals surface area contributed by atoms with Gasteiger partial charge >= 0.3 is 0 Å². The molecule has 0 unspecified atom stereocenters. The third kappa shape index (κ3) is 3.86. The van der Waals surface area contributed by atoms with Gasteiger partial charge in [-0.25, -0.2) is 0 Å². The molecular formula is C22H17BrN2O4. The van der Waals surface area contributed by atoms with Gasteiger partial charge in [0.2, 0.25) is 5.91 Å². The first-order valence-electron chi connectivity index (χ1n) is 8.99. The van der Waals surface area contributed by atoms with Gasteiger partial charge in [-0.3, -0.25) is 14.6 Å². The lowest BCUT2D eigenvalue weighted by Crippen LogP contribution is -2.17. The van der Waals surface area contributed by atoms with Crippen molar-refractivity contribution in [1.29, 1.82) is 0 Å². The van der Waals surface area contributed by atoms with Gasteiger partial charge in [-0.2, -0.15) is 0 Å². The number of fused-ring (bicyclic) bond motifs is 1. The lowest BCUT2D eigenvalue weighted by atomic mass is 10.0. The molecule has 0 saturated carbocycles. The van der Waals surface area contributed by atoms with Crippen molar-refractivity contribution in [3.8, 4) is 11.5 Å². The van der Waals surface area contributed by atoms with Crippen LogP contribution < -0.4 is 15.2 Å². The van der Waals surface area contributed by atoms with Gasteiger partial charge < -0.3 is 15.2 Å². The number of halogens is 1. The topological polar surface area (TPSA) is 91.5 Å². The van der Waals surface area contributed by atoms with E-state index in [1.807, 2.05) is 12.1 Å². The van der Waals surface area contributed by atoms with E-state index in [4.69, 9.17) is 15.2 Å². The molecule has 0 saturated heterocycles. The molecule has 0 radical (unpaired) electrons. The number of ether oxygens (including phenoxy) is 2. The summed E-state index contributed by atoms with van der Waals surface area (Å²) in [5.74, 6) is 0.596. The van der Waals surface area contributed by atoms with Crippen LogP contribution in [0.5, 0.6) is 11.5 Å². The van der Waals surface area contributed by atoms with Crippen molar-refractivity contribution in [1.82, 2.24) is 4.98 Å². The van der Waals surface area contributed by atoms with E-state index in [2.05, 4.69) is 20.9 Å². The van der Waals surface area contributed by atoms with Crippen LogP contribution in [0.4, 0.5) is 0 Å². The average molecular weight is 453 g/mol. The molecule has 7 heteroatoms.